The van der Waals surface area contributed by atoms with Gasteiger partial charge in [-0.2, -0.15) is 5.10 Å². The zero-order valence-electron chi connectivity index (χ0n) is 12.3. The van der Waals surface area contributed by atoms with Gasteiger partial charge in [0.05, 0.1) is 11.8 Å². The molecule has 1 aromatic heterocycles. The van der Waals surface area contributed by atoms with Crippen LogP contribution in [0, 0.1) is 0 Å². The Morgan fingerprint density at radius 2 is 2.05 bits per heavy atom. The normalized spacial score (nSPS) is 16.8. The van der Waals surface area contributed by atoms with E-state index in [1.165, 1.54) is 5.56 Å². The second kappa shape index (κ2) is 7.51. The molecule has 5 nitrogen and oxygen atoms in total. The Kier molecular flexibility index (Phi) is 6.26. The van der Waals surface area contributed by atoms with Crippen LogP contribution in [0.5, 0.6) is 0 Å². The summed E-state index contributed by atoms with van der Waals surface area (Å²) in [4.78, 5) is 14.4. The van der Waals surface area contributed by atoms with Gasteiger partial charge < -0.3 is 10.6 Å². The van der Waals surface area contributed by atoms with Crippen LogP contribution in [-0.4, -0.2) is 33.7 Å². The summed E-state index contributed by atoms with van der Waals surface area (Å²) in [5.41, 5.74) is 8.22. The van der Waals surface area contributed by atoms with Crippen LogP contribution in [0.4, 0.5) is 5.69 Å². The Bertz CT molecular complexity index is 644. The first-order valence-electron chi connectivity index (χ1n) is 6.77. The molecule has 2 aromatic rings. The minimum atomic E-state index is 0. The van der Waals surface area contributed by atoms with Crippen LogP contribution in [-0.2, 0) is 7.05 Å². The molecule has 1 aromatic carbocycles. The van der Waals surface area contributed by atoms with Gasteiger partial charge in [-0.25, -0.2) is 0 Å². The van der Waals surface area contributed by atoms with Gasteiger partial charge in [0.1, 0.15) is 0 Å². The molecule has 1 amide bonds. The molecule has 7 heteroatoms. The average Bonchev–Trinajstić information content (AvgIpc) is 3.07. The van der Waals surface area contributed by atoms with Crippen molar-refractivity contribution in [3.8, 4) is 0 Å². The van der Waals surface area contributed by atoms with Crippen molar-refractivity contribution >= 4 is 36.4 Å². The van der Waals surface area contributed by atoms with E-state index in [-0.39, 0.29) is 30.7 Å². The van der Waals surface area contributed by atoms with Gasteiger partial charge in [0.2, 0.25) is 0 Å². The summed E-state index contributed by atoms with van der Waals surface area (Å²) in [5.74, 6) is 0.395. The quantitative estimate of drug-likeness (QED) is 0.852. The molecule has 1 aliphatic heterocycles. The fraction of sp³-hybridized carbons (Fsp3) is 0.333. The summed E-state index contributed by atoms with van der Waals surface area (Å²) in [7, 11) is 1.91. The van der Waals surface area contributed by atoms with E-state index in [2.05, 4.69) is 5.10 Å². The third-order valence-corrected chi connectivity index (χ3v) is 3.86. The topological polar surface area (TPSA) is 64.2 Å². The number of nitrogen functional groups attached to an aromatic ring is 1. The van der Waals surface area contributed by atoms with Crippen molar-refractivity contribution in [1.82, 2.24) is 14.7 Å². The van der Waals surface area contributed by atoms with Crippen LogP contribution in [0.3, 0.4) is 0 Å². The van der Waals surface area contributed by atoms with E-state index in [0.29, 0.717) is 17.2 Å². The highest BCUT2D eigenvalue weighted by Gasteiger charge is 2.29. The Balaban J connectivity index is 0.00000121. The molecule has 1 unspecified atom stereocenters. The molecule has 1 fully saturated rings. The third kappa shape index (κ3) is 3.54. The Labute approximate surface area is 142 Å². The lowest BCUT2D eigenvalue weighted by Crippen LogP contribution is -2.29. The number of halogens is 2. The number of anilines is 1. The first kappa shape index (κ1) is 18.3. The van der Waals surface area contributed by atoms with Crippen molar-refractivity contribution in [1.29, 1.82) is 0 Å². The number of para-hydroxylation sites is 1. The minimum Gasteiger partial charge on any atom is -0.398 e. The van der Waals surface area contributed by atoms with Crippen molar-refractivity contribution in [2.24, 2.45) is 7.05 Å². The smallest absolute Gasteiger partial charge is 0.255 e. The zero-order chi connectivity index (χ0) is 14.1. The maximum atomic E-state index is 12.5. The van der Waals surface area contributed by atoms with Crippen LogP contribution < -0.4 is 5.73 Å². The molecular formula is C15H20Cl2N4O. The van der Waals surface area contributed by atoms with Crippen molar-refractivity contribution in [3.05, 3.63) is 47.8 Å². The SMILES string of the molecule is Cl.Cl.Cn1cc(C2CCN(C(=O)c3ccccc3N)C2)cn1. The molecule has 0 saturated carbocycles. The standard InChI is InChI=1S/C15H18N4O.2ClH/c1-18-9-12(8-17-18)11-6-7-19(10-11)15(20)13-4-2-3-5-14(13)16;;/h2-5,8-9,11H,6-7,10,16H2,1H3;2*1H. The number of hydrogen-bond donors (Lipinski definition) is 1. The van der Waals surface area contributed by atoms with Crippen molar-refractivity contribution in [2.75, 3.05) is 18.8 Å². The molecule has 2 N–H and O–H groups in total. The van der Waals surface area contributed by atoms with Crippen molar-refractivity contribution in [3.63, 3.8) is 0 Å². The van der Waals surface area contributed by atoms with Crippen LogP contribution in [0.2, 0.25) is 0 Å². The maximum absolute atomic E-state index is 12.5. The van der Waals surface area contributed by atoms with Crippen LogP contribution in [0.1, 0.15) is 28.3 Å². The molecule has 2 heterocycles. The number of nitrogens with two attached hydrogens (primary N) is 1. The van der Waals surface area contributed by atoms with E-state index >= 15 is 0 Å². The lowest BCUT2D eigenvalue weighted by Gasteiger charge is -2.17. The van der Waals surface area contributed by atoms with Gasteiger partial charge in [0, 0.05) is 37.9 Å². The highest BCUT2D eigenvalue weighted by atomic mass is 35.5. The zero-order valence-corrected chi connectivity index (χ0v) is 13.9. The van der Waals surface area contributed by atoms with Crippen LogP contribution in [0.15, 0.2) is 36.7 Å². The predicted molar refractivity (Wildman–Crippen MR) is 91.8 cm³/mol. The van der Waals surface area contributed by atoms with Gasteiger partial charge in [0.25, 0.3) is 5.91 Å². The molecule has 120 valence electrons. The summed E-state index contributed by atoms with van der Waals surface area (Å²) in [6.45, 7) is 1.51. The number of benzene rings is 1. The lowest BCUT2D eigenvalue weighted by atomic mass is 10.0. The summed E-state index contributed by atoms with van der Waals surface area (Å²) in [6, 6.07) is 7.24. The van der Waals surface area contributed by atoms with E-state index in [4.69, 9.17) is 5.73 Å². The number of carbonyl (C=O) groups is 1. The minimum absolute atomic E-state index is 0. The largest absolute Gasteiger partial charge is 0.398 e. The molecule has 1 saturated heterocycles. The number of carbonyl (C=O) groups excluding carboxylic acids is 1. The Morgan fingerprint density at radius 3 is 2.68 bits per heavy atom. The molecule has 3 rings (SSSR count). The van der Waals surface area contributed by atoms with Crippen molar-refractivity contribution < 1.29 is 4.79 Å². The number of aromatic nitrogens is 2. The third-order valence-electron chi connectivity index (χ3n) is 3.86. The second-order valence-corrected chi connectivity index (χ2v) is 5.27. The molecule has 0 bridgehead atoms. The number of nitrogens with zero attached hydrogens (tertiary/aromatic N) is 3. The van der Waals surface area contributed by atoms with E-state index < -0.39 is 0 Å². The second-order valence-electron chi connectivity index (χ2n) is 5.27. The summed E-state index contributed by atoms with van der Waals surface area (Å²) in [5, 5.41) is 4.20. The van der Waals surface area contributed by atoms with Gasteiger partial charge in [-0.15, -0.1) is 24.8 Å². The fourth-order valence-corrected chi connectivity index (χ4v) is 2.73. The number of rotatable bonds is 2. The van der Waals surface area contributed by atoms with Crippen molar-refractivity contribution in [2.45, 2.75) is 12.3 Å². The molecule has 1 atom stereocenters. The highest BCUT2D eigenvalue weighted by Crippen LogP contribution is 2.28. The molecule has 0 radical (unpaired) electrons. The monoisotopic (exact) mass is 342 g/mol. The number of aryl methyl sites for hydroxylation is 1. The number of likely N-dealkylation sites (tertiary alicyclic amines) is 1. The molecule has 1 aliphatic rings. The van der Waals surface area contributed by atoms with Gasteiger partial charge in [0.15, 0.2) is 0 Å². The fourth-order valence-electron chi connectivity index (χ4n) is 2.73. The summed E-state index contributed by atoms with van der Waals surface area (Å²) >= 11 is 0. The predicted octanol–water partition coefficient (Wildman–Crippen LogP) is 2.48. The van der Waals surface area contributed by atoms with E-state index in [0.717, 1.165) is 19.5 Å². The van der Waals surface area contributed by atoms with E-state index in [9.17, 15) is 4.79 Å². The average molecular weight is 343 g/mol. The Hall–Kier alpha value is -1.72. The van der Waals surface area contributed by atoms with E-state index in [1.807, 2.05) is 36.5 Å². The maximum Gasteiger partial charge on any atom is 0.255 e. The van der Waals surface area contributed by atoms with E-state index in [1.54, 1.807) is 16.8 Å². The number of amides is 1. The van der Waals surface area contributed by atoms with Crippen LogP contribution in [0.25, 0.3) is 0 Å². The first-order valence-corrected chi connectivity index (χ1v) is 6.77. The summed E-state index contributed by atoms with van der Waals surface area (Å²) < 4.78 is 1.80. The summed E-state index contributed by atoms with van der Waals surface area (Å²) in [6.07, 6.45) is 4.88. The lowest BCUT2D eigenvalue weighted by molar-refractivity contribution is 0.0792. The van der Waals surface area contributed by atoms with Gasteiger partial charge in [-0.1, -0.05) is 12.1 Å². The molecular weight excluding hydrogens is 323 g/mol. The molecule has 0 spiro atoms. The Morgan fingerprint density at radius 1 is 1.32 bits per heavy atom. The highest BCUT2D eigenvalue weighted by molar-refractivity contribution is 5.99. The molecule has 0 aliphatic carbocycles. The molecule has 22 heavy (non-hydrogen) atoms. The van der Waals surface area contributed by atoms with Gasteiger partial charge in [-0.05, 0) is 24.1 Å². The van der Waals surface area contributed by atoms with Crippen LogP contribution >= 0.6 is 24.8 Å². The first-order chi connectivity index (χ1) is 9.65. The van der Waals surface area contributed by atoms with Gasteiger partial charge >= 0.3 is 0 Å². The van der Waals surface area contributed by atoms with Gasteiger partial charge in [-0.3, -0.25) is 9.48 Å². The number of hydrogen-bond acceptors (Lipinski definition) is 3.